The highest BCUT2D eigenvalue weighted by Gasteiger charge is 2.23. The van der Waals surface area contributed by atoms with Crippen LogP contribution in [0.15, 0.2) is 46.8 Å². The van der Waals surface area contributed by atoms with Crippen LogP contribution in [0.4, 0.5) is 4.39 Å². The van der Waals surface area contributed by atoms with Gasteiger partial charge < -0.3 is 20.6 Å². The number of aliphatic imine (C=N–C) groups is 1. The van der Waals surface area contributed by atoms with Gasteiger partial charge >= 0.3 is 0 Å². The van der Waals surface area contributed by atoms with Gasteiger partial charge in [-0.3, -0.25) is 0 Å². The number of halogens is 1. The van der Waals surface area contributed by atoms with E-state index in [-0.39, 0.29) is 12.4 Å². The lowest BCUT2D eigenvalue weighted by atomic mass is 10.1. The molecule has 0 aliphatic heterocycles. The van der Waals surface area contributed by atoms with E-state index in [0.29, 0.717) is 12.5 Å². The van der Waals surface area contributed by atoms with E-state index in [9.17, 15) is 9.50 Å². The van der Waals surface area contributed by atoms with Crippen molar-refractivity contribution in [3.8, 4) is 0 Å². The van der Waals surface area contributed by atoms with E-state index in [1.807, 2.05) is 31.5 Å². The van der Waals surface area contributed by atoms with Gasteiger partial charge in [0.15, 0.2) is 5.96 Å². The van der Waals surface area contributed by atoms with Crippen molar-refractivity contribution in [1.29, 1.82) is 0 Å². The number of hydrogen-bond acceptors (Lipinski definition) is 4. The van der Waals surface area contributed by atoms with E-state index in [2.05, 4.69) is 20.5 Å². The predicted octanol–water partition coefficient (Wildman–Crippen LogP) is 2.78. The van der Waals surface area contributed by atoms with Crippen LogP contribution in [-0.2, 0) is 12.1 Å². The molecule has 0 fully saturated rings. The average molecular weight is 393 g/mol. The minimum Gasteiger partial charge on any atom is -0.383 e. The fourth-order valence-corrected chi connectivity index (χ4v) is 3.36. The molecular weight excluding hydrogens is 363 g/mol. The summed E-state index contributed by atoms with van der Waals surface area (Å²) >= 11 is 1.53. The molecule has 27 heavy (non-hydrogen) atoms. The lowest BCUT2D eigenvalue weighted by Crippen LogP contribution is -2.41. The van der Waals surface area contributed by atoms with Gasteiger partial charge in [-0.05, 0) is 50.0 Å². The Morgan fingerprint density at radius 1 is 1.26 bits per heavy atom. The quantitative estimate of drug-likeness (QED) is 0.454. The first kappa shape index (κ1) is 21.3. The van der Waals surface area contributed by atoms with Crippen LogP contribution in [0.2, 0.25) is 0 Å². The fraction of sp³-hybridized carbons (Fsp3) is 0.450. The van der Waals surface area contributed by atoms with Crippen molar-refractivity contribution in [1.82, 2.24) is 15.5 Å². The summed E-state index contributed by atoms with van der Waals surface area (Å²) in [5, 5.41) is 19.0. The molecule has 148 valence electrons. The van der Waals surface area contributed by atoms with Gasteiger partial charge in [-0.25, -0.2) is 9.38 Å². The number of rotatable bonds is 9. The Bertz CT molecular complexity index is 701. The third-order valence-corrected chi connectivity index (χ3v) is 5.22. The molecule has 2 aromatic rings. The molecule has 7 heteroatoms. The van der Waals surface area contributed by atoms with Gasteiger partial charge in [0, 0.05) is 31.1 Å². The Morgan fingerprint density at radius 3 is 2.63 bits per heavy atom. The molecule has 0 saturated heterocycles. The molecular formula is C20H29FN4OS. The summed E-state index contributed by atoms with van der Waals surface area (Å²) in [6.45, 7) is 7.10. The van der Waals surface area contributed by atoms with Crippen LogP contribution in [0, 0.1) is 5.82 Å². The normalized spacial score (nSPS) is 14.2. The minimum atomic E-state index is -0.976. The Hall–Kier alpha value is -1.96. The van der Waals surface area contributed by atoms with E-state index in [4.69, 9.17) is 0 Å². The van der Waals surface area contributed by atoms with Crippen molar-refractivity contribution < 1.29 is 9.50 Å². The van der Waals surface area contributed by atoms with Crippen LogP contribution in [0.5, 0.6) is 0 Å². The first-order chi connectivity index (χ1) is 12.9. The number of likely N-dealkylation sites (N-methyl/N-ethyl adjacent to an activating group) is 1. The van der Waals surface area contributed by atoms with Gasteiger partial charge in [0.25, 0.3) is 0 Å². The maximum Gasteiger partial charge on any atom is 0.191 e. The molecule has 2 rings (SSSR count). The zero-order valence-corrected chi connectivity index (χ0v) is 17.0. The van der Waals surface area contributed by atoms with Crippen molar-refractivity contribution in [2.45, 2.75) is 26.0 Å². The van der Waals surface area contributed by atoms with Crippen LogP contribution in [0.1, 0.15) is 24.3 Å². The van der Waals surface area contributed by atoms with Crippen molar-refractivity contribution >= 4 is 17.3 Å². The van der Waals surface area contributed by atoms with Crippen molar-refractivity contribution in [2.24, 2.45) is 4.99 Å². The second kappa shape index (κ2) is 10.4. The largest absolute Gasteiger partial charge is 0.383 e. The maximum atomic E-state index is 13.0. The Balaban J connectivity index is 1.82. The van der Waals surface area contributed by atoms with Gasteiger partial charge in [0.05, 0.1) is 6.54 Å². The lowest BCUT2D eigenvalue weighted by Gasteiger charge is -2.21. The summed E-state index contributed by atoms with van der Waals surface area (Å²) in [5.74, 6) is 0.470. The number of nitrogens with one attached hydrogen (secondary N) is 2. The first-order valence-corrected chi connectivity index (χ1v) is 10.00. The molecule has 0 amide bonds. The predicted molar refractivity (Wildman–Crippen MR) is 111 cm³/mol. The van der Waals surface area contributed by atoms with E-state index in [0.717, 1.165) is 30.1 Å². The summed E-state index contributed by atoms with van der Waals surface area (Å²) in [7, 11) is 2.02. The Morgan fingerprint density at radius 2 is 2.00 bits per heavy atom. The highest BCUT2D eigenvalue weighted by atomic mass is 32.1. The first-order valence-electron chi connectivity index (χ1n) is 9.12. The summed E-state index contributed by atoms with van der Waals surface area (Å²) in [4.78, 5) is 7.58. The number of nitrogens with zero attached hydrogens (tertiary/aromatic N) is 2. The van der Waals surface area contributed by atoms with Gasteiger partial charge in [0.1, 0.15) is 11.4 Å². The highest BCUT2D eigenvalue weighted by Crippen LogP contribution is 2.25. The summed E-state index contributed by atoms with van der Waals surface area (Å²) in [5.41, 5.74) is 0.0991. The molecule has 1 aromatic carbocycles. The van der Waals surface area contributed by atoms with Gasteiger partial charge in [-0.2, -0.15) is 0 Å². The van der Waals surface area contributed by atoms with Crippen LogP contribution in [0.3, 0.4) is 0 Å². The van der Waals surface area contributed by atoms with E-state index in [1.165, 1.54) is 23.5 Å². The van der Waals surface area contributed by atoms with E-state index in [1.54, 1.807) is 19.1 Å². The molecule has 5 nitrogen and oxygen atoms in total. The van der Waals surface area contributed by atoms with Crippen molar-refractivity contribution in [2.75, 3.05) is 33.2 Å². The topological polar surface area (TPSA) is 59.9 Å². The molecule has 1 heterocycles. The molecule has 0 saturated carbocycles. The number of hydrogen-bond donors (Lipinski definition) is 3. The number of aliphatic hydroxyl groups is 1. The minimum absolute atomic E-state index is 0.215. The molecule has 1 atom stereocenters. The molecule has 0 radical (unpaired) electrons. The number of thiophene rings is 1. The Kier molecular flexibility index (Phi) is 8.22. The zero-order valence-electron chi connectivity index (χ0n) is 16.2. The molecule has 1 aromatic heterocycles. The molecule has 0 aliphatic rings. The van der Waals surface area contributed by atoms with Gasteiger partial charge in [0.2, 0.25) is 0 Å². The molecule has 0 aliphatic carbocycles. The SMILES string of the molecule is CCNC(=NCC(C)(O)c1cccs1)NCCN(C)Cc1ccc(F)cc1. The van der Waals surface area contributed by atoms with Crippen LogP contribution < -0.4 is 10.6 Å². The van der Waals surface area contributed by atoms with Gasteiger partial charge in [-0.15, -0.1) is 11.3 Å². The standard InChI is InChI=1S/C20H29FN4OS/c1-4-22-19(24-15-20(2,26)18-6-5-13-27-18)23-11-12-25(3)14-16-7-9-17(21)10-8-16/h5-10,13,26H,4,11-12,14-15H2,1-3H3,(H2,22,23,24). The average Bonchev–Trinajstić information content (AvgIpc) is 3.17. The van der Waals surface area contributed by atoms with E-state index < -0.39 is 5.60 Å². The number of benzene rings is 1. The lowest BCUT2D eigenvalue weighted by molar-refractivity contribution is 0.0711. The third-order valence-electron chi connectivity index (χ3n) is 4.09. The second-order valence-corrected chi connectivity index (χ2v) is 7.69. The van der Waals surface area contributed by atoms with Crippen molar-refractivity contribution in [3.05, 3.63) is 58.0 Å². The van der Waals surface area contributed by atoms with Gasteiger partial charge in [-0.1, -0.05) is 18.2 Å². The molecule has 3 N–H and O–H groups in total. The van der Waals surface area contributed by atoms with Crippen LogP contribution >= 0.6 is 11.3 Å². The molecule has 0 bridgehead atoms. The monoisotopic (exact) mass is 392 g/mol. The molecule has 1 unspecified atom stereocenters. The second-order valence-electron chi connectivity index (χ2n) is 6.74. The Labute approximate surface area is 164 Å². The van der Waals surface area contributed by atoms with E-state index >= 15 is 0 Å². The zero-order chi connectivity index (χ0) is 19.7. The van der Waals surface area contributed by atoms with Crippen LogP contribution in [-0.4, -0.2) is 49.2 Å². The maximum absolute atomic E-state index is 13.0. The molecule has 0 spiro atoms. The summed E-state index contributed by atoms with van der Waals surface area (Å²) in [6.07, 6.45) is 0. The number of guanidine groups is 1. The highest BCUT2D eigenvalue weighted by molar-refractivity contribution is 7.10. The fourth-order valence-electron chi connectivity index (χ4n) is 2.58. The van der Waals surface area contributed by atoms with Crippen molar-refractivity contribution in [3.63, 3.8) is 0 Å². The third kappa shape index (κ3) is 7.28. The smallest absolute Gasteiger partial charge is 0.191 e. The summed E-state index contributed by atoms with van der Waals surface area (Å²) < 4.78 is 13.0. The summed E-state index contributed by atoms with van der Waals surface area (Å²) in [6, 6.07) is 10.4. The van der Waals surface area contributed by atoms with Crippen LogP contribution in [0.25, 0.3) is 0 Å².